The Labute approximate surface area is 173 Å². The Bertz CT molecular complexity index is 753. The van der Waals surface area contributed by atoms with Crippen LogP contribution < -0.4 is 0 Å². The van der Waals surface area contributed by atoms with Gasteiger partial charge in [-0.25, -0.2) is 0 Å². The summed E-state index contributed by atoms with van der Waals surface area (Å²) in [6.45, 7) is 10.1. The maximum Gasteiger partial charge on any atom is 0.236 e. The Hall–Kier alpha value is -2.28. The van der Waals surface area contributed by atoms with Crippen LogP contribution in [0.5, 0.6) is 0 Å². The third-order valence-electron chi connectivity index (χ3n) is 5.95. The minimum absolute atomic E-state index is 0.282. The summed E-state index contributed by atoms with van der Waals surface area (Å²) in [4.78, 5) is 26.1. The first-order valence-electron chi connectivity index (χ1n) is 10.6. The van der Waals surface area contributed by atoms with Crippen LogP contribution in [0.3, 0.4) is 0 Å². The van der Waals surface area contributed by atoms with Gasteiger partial charge in [-0.1, -0.05) is 30.3 Å². The first-order valence-corrected chi connectivity index (χ1v) is 10.6. The Morgan fingerprint density at radius 2 is 1.21 bits per heavy atom. The van der Waals surface area contributed by atoms with Crippen LogP contribution in [0.25, 0.3) is 0 Å². The molecule has 2 aliphatic rings. The molecule has 2 aliphatic heterocycles. The molecule has 0 unspecified atom stereocenters. The Kier molecular flexibility index (Phi) is 6.87. The zero-order valence-corrected chi connectivity index (χ0v) is 17.1. The van der Waals surface area contributed by atoms with Crippen LogP contribution in [0, 0.1) is 0 Å². The highest BCUT2D eigenvalue weighted by Gasteiger charge is 2.24. The highest BCUT2D eigenvalue weighted by molar-refractivity contribution is 5.78. The van der Waals surface area contributed by atoms with Gasteiger partial charge >= 0.3 is 0 Å². The second kappa shape index (κ2) is 9.96. The molecule has 0 bridgehead atoms. The molecule has 0 radical (unpaired) electrons. The molecule has 0 aliphatic carbocycles. The van der Waals surface area contributed by atoms with Crippen molar-refractivity contribution >= 4 is 5.91 Å². The van der Waals surface area contributed by atoms with Gasteiger partial charge in [-0.15, -0.1) is 0 Å². The molecule has 0 spiro atoms. The van der Waals surface area contributed by atoms with Crippen LogP contribution >= 0.6 is 0 Å². The lowest BCUT2D eigenvalue weighted by Crippen LogP contribution is -2.53. The number of amides is 1. The van der Waals surface area contributed by atoms with Crippen molar-refractivity contribution in [2.75, 3.05) is 58.9 Å². The molecular weight excluding hydrogens is 362 g/mol. The van der Waals surface area contributed by atoms with Crippen molar-refractivity contribution in [2.45, 2.75) is 13.1 Å². The van der Waals surface area contributed by atoms with Crippen molar-refractivity contribution in [1.29, 1.82) is 0 Å². The zero-order chi connectivity index (χ0) is 19.9. The predicted molar refractivity (Wildman–Crippen MR) is 114 cm³/mol. The lowest BCUT2D eigenvalue weighted by Gasteiger charge is -2.38. The van der Waals surface area contributed by atoms with Crippen molar-refractivity contribution in [3.63, 3.8) is 0 Å². The molecule has 6 nitrogen and oxygen atoms in total. The van der Waals surface area contributed by atoms with Gasteiger partial charge in [-0.3, -0.25) is 24.5 Å². The number of benzene rings is 1. The summed E-state index contributed by atoms with van der Waals surface area (Å²) in [6.07, 6.45) is 3.68. The van der Waals surface area contributed by atoms with E-state index in [2.05, 4.69) is 62.1 Å². The standard InChI is InChI=1S/C23H31N5O/c29-23(28-16-14-26(15-17-28)19-22-6-8-24-9-7-22)20-27-12-10-25(11-13-27)18-21-4-2-1-3-5-21/h1-9H,10-20H2. The fourth-order valence-electron chi connectivity index (χ4n) is 4.14. The molecule has 29 heavy (non-hydrogen) atoms. The van der Waals surface area contributed by atoms with Gasteiger partial charge in [0, 0.05) is 77.8 Å². The lowest BCUT2D eigenvalue weighted by molar-refractivity contribution is -0.134. The van der Waals surface area contributed by atoms with Crippen LogP contribution in [0.4, 0.5) is 0 Å². The number of aromatic nitrogens is 1. The molecule has 2 aromatic rings. The summed E-state index contributed by atoms with van der Waals surface area (Å²) < 4.78 is 0. The third kappa shape index (κ3) is 5.85. The average molecular weight is 394 g/mol. The van der Waals surface area contributed by atoms with Gasteiger partial charge in [-0.2, -0.15) is 0 Å². The molecule has 3 heterocycles. The molecule has 2 saturated heterocycles. The fraction of sp³-hybridized carbons (Fsp3) is 0.478. The average Bonchev–Trinajstić information content (AvgIpc) is 2.77. The van der Waals surface area contributed by atoms with E-state index in [1.807, 2.05) is 17.3 Å². The summed E-state index contributed by atoms with van der Waals surface area (Å²) in [5.74, 6) is 0.282. The quantitative estimate of drug-likeness (QED) is 0.745. The van der Waals surface area contributed by atoms with Gasteiger partial charge < -0.3 is 4.90 Å². The zero-order valence-electron chi connectivity index (χ0n) is 17.1. The van der Waals surface area contributed by atoms with Crippen LogP contribution in [0.2, 0.25) is 0 Å². The minimum atomic E-state index is 0.282. The number of piperazine rings is 2. The maximum absolute atomic E-state index is 12.7. The molecule has 154 valence electrons. The monoisotopic (exact) mass is 393 g/mol. The van der Waals surface area contributed by atoms with Crippen molar-refractivity contribution in [2.24, 2.45) is 0 Å². The lowest BCUT2D eigenvalue weighted by atomic mass is 10.2. The fourth-order valence-corrected chi connectivity index (χ4v) is 4.14. The van der Waals surface area contributed by atoms with Crippen molar-refractivity contribution in [3.05, 3.63) is 66.0 Å². The second-order valence-electron chi connectivity index (χ2n) is 8.05. The molecule has 2 fully saturated rings. The summed E-state index contributed by atoms with van der Waals surface area (Å²) in [7, 11) is 0. The van der Waals surface area contributed by atoms with Gasteiger partial charge in [0.15, 0.2) is 0 Å². The summed E-state index contributed by atoms with van der Waals surface area (Å²) in [5, 5.41) is 0. The number of hydrogen-bond donors (Lipinski definition) is 0. The molecule has 6 heteroatoms. The van der Waals surface area contributed by atoms with Crippen LogP contribution in [-0.2, 0) is 17.9 Å². The second-order valence-corrected chi connectivity index (χ2v) is 8.05. The first-order chi connectivity index (χ1) is 14.3. The molecule has 1 aromatic carbocycles. The minimum Gasteiger partial charge on any atom is -0.339 e. The summed E-state index contributed by atoms with van der Waals surface area (Å²) in [6, 6.07) is 14.8. The summed E-state index contributed by atoms with van der Waals surface area (Å²) >= 11 is 0. The van der Waals surface area contributed by atoms with Crippen molar-refractivity contribution < 1.29 is 4.79 Å². The van der Waals surface area contributed by atoms with E-state index < -0.39 is 0 Å². The number of rotatable bonds is 6. The Balaban J connectivity index is 1.16. The molecule has 0 N–H and O–H groups in total. The number of carbonyl (C=O) groups excluding carboxylic acids is 1. The number of hydrogen-bond acceptors (Lipinski definition) is 5. The van der Waals surface area contributed by atoms with Gasteiger partial charge in [0.2, 0.25) is 5.91 Å². The predicted octanol–water partition coefficient (Wildman–Crippen LogP) is 1.54. The van der Waals surface area contributed by atoms with E-state index in [0.29, 0.717) is 6.54 Å². The van der Waals surface area contributed by atoms with E-state index in [4.69, 9.17) is 0 Å². The van der Waals surface area contributed by atoms with Crippen molar-refractivity contribution in [1.82, 2.24) is 24.6 Å². The summed E-state index contributed by atoms with van der Waals surface area (Å²) in [5.41, 5.74) is 2.65. The topological polar surface area (TPSA) is 42.9 Å². The largest absolute Gasteiger partial charge is 0.339 e. The Morgan fingerprint density at radius 1 is 0.690 bits per heavy atom. The van der Waals surface area contributed by atoms with E-state index in [-0.39, 0.29) is 5.91 Å². The molecule has 0 saturated carbocycles. The first kappa shape index (κ1) is 20.0. The van der Waals surface area contributed by atoms with Gasteiger partial charge in [0.05, 0.1) is 6.54 Å². The third-order valence-corrected chi connectivity index (χ3v) is 5.95. The van der Waals surface area contributed by atoms with Crippen LogP contribution in [-0.4, -0.2) is 89.4 Å². The van der Waals surface area contributed by atoms with E-state index in [9.17, 15) is 4.79 Å². The number of carbonyl (C=O) groups is 1. The van der Waals surface area contributed by atoms with E-state index in [1.165, 1.54) is 11.1 Å². The van der Waals surface area contributed by atoms with E-state index in [0.717, 1.165) is 65.4 Å². The number of pyridine rings is 1. The number of nitrogens with zero attached hydrogens (tertiary/aromatic N) is 5. The molecule has 1 amide bonds. The van der Waals surface area contributed by atoms with E-state index in [1.54, 1.807) is 0 Å². The van der Waals surface area contributed by atoms with Crippen LogP contribution in [0.1, 0.15) is 11.1 Å². The SMILES string of the molecule is O=C(CN1CCN(Cc2ccccc2)CC1)N1CCN(Cc2ccncc2)CC1. The van der Waals surface area contributed by atoms with E-state index >= 15 is 0 Å². The Morgan fingerprint density at radius 3 is 1.83 bits per heavy atom. The van der Waals surface area contributed by atoms with Crippen molar-refractivity contribution in [3.8, 4) is 0 Å². The maximum atomic E-state index is 12.7. The smallest absolute Gasteiger partial charge is 0.236 e. The van der Waals surface area contributed by atoms with Crippen LogP contribution in [0.15, 0.2) is 54.9 Å². The van der Waals surface area contributed by atoms with Gasteiger partial charge in [-0.05, 0) is 23.3 Å². The van der Waals surface area contributed by atoms with Gasteiger partial charge in [0.1, 0.15) is 0 Å². The normalized spacial score (nSPS) is 19.4. The molecule has 0 atom stereocenters. The molecule has 1 aromatic heterocycles. The highest BCUT2D eigenvalue weighted by Crippen LogP contribution is 2.11. The molecule has 4 rings (SSSR count). The molecular formula is C23H31N5O. The van der Waals surface area contributed by atoms with Gasteiger partial charge in [0.25, 0.3) is 0 Å². The highest BCUT2D eigenvalue weighted by atomic mass is 16.2.